The van der Waals surface area contributed by atoms with E-state index in [1.54, 1.807) is 13.8 Å². The molecule has 0 aromatic heterocycles. The van der Waals surface area contributed by atoms with Crippen LogP contribution in [-0.4, -0.2) is 31.2 Å². The van der Waals surface area contributed by atoms with Crippen molar-refractivity contribution in [3.63, 3.8) is 0 Å². The molecule has 1 aliphatic rings. The third kappa shape index (κ3) is 3.64. The number of carbonyl (C=O) groups is 1. The average molecular weight is 184 g/mol. The minimum absolute atomic E-state index is 0.118. The smallest absolute Gasteiger partial charge is 0.407 e. The molecule has 0 aromatic rings. The van der Waals surface area contributed by atoms with Gasteiger partial charge in [-0.05, 0) is 13.8 Å². The molecule has 0 radical (unpaired) electrons. The second-order valence-corrected chi connectivity index (χ2v) is 2.76. The highest BCUT2D eigenvalue weighted by molar-refractivity contribution is 5.87. The Morgan fingerprint density at radius 2 is 2.46 bits per heavy atom. The highest BCUT2D eigenvalue weighted by Gasteiger charge is 2.07. The van der Waals surface area contributed by atoms with Crippen LogP contribution >= 0.6 is 0 Å². The molecule has 1 N–H and O–H groups in total. The van der Waals surface area contributed by atoms with Crippen molar-refractivity contribution in [1.29, 1.82) is 0 Å². The van der Waals surface area contributed by atoms with Crippen molar-refractivity contribution in [3.05, 3.63) is 0 Å². The molecule has 6 nitrogen and oxygen atoms in total. The Morgan fingerprint density at radius 3 is 3.00 bits per heavy atom. The van der Waals surface area contributed by atoms with E-state index < -0.39 is 6.09 Å². The summed E-state index contributed by atoms with van der Waals surface area (Å²) in [4.78, 5) is 14.8. The maximum Gasteiger partial charge on any atom is 0.407 e. The fraction of sp³-hybridized carbons (Fsp3) is 0.714. The van der Waals surface area contributed by atoms with Gasteiger partial charge in [0.1, 0.15) is 0 Å². The van der Waals surface area contributed by atoms with Crippen LogP contribution in [0.1, 0.15) is 13.8 Å². The second-order valence-electron chi connectivity index (χ2n) is 2.76. The maximum atomic E-state index is 10.9. The van der Waals surface area contributed by atoms with E-state index in [2.05, 4.69) is 20.5 Å². The predicted molar refractivity (Wildman–Crippen MR) is 46.8 cm³/mol. The van der Waals surface area contributed by atoms with Gasteiger partial charge in [-0.25, -0.2) is 9.79 Å². The van der Waals surface area contributed by atoms with Gasteiger partial charge >= 0.3 is 6.09 Å². The van der Waals surface area contributed by atoms with Crippen molar-refractivity contribution in [2.24, 2.45) is 15.2 Å². The fourth-order valence-corrected chi connectivity index (χ4v) is 0.756. The zero-order valence-corrected chi connectivity index (χ0v) is 7.65. The lowest BCUT2D eigenvalue weighted by Gasteiger charge is -2.07. The molecule has 0 saturated carbocycles. The summed E-state index contributed by atoms with van der Waals surface area (Å²) < 4.78 is 4.83. The predicted octanol–water partition coefficient (Wildman–Crippen LogP) is 0.943. The number of carbonyl (C=O) groups excluding carboxylic acids is 1. The average Bonchev–Trinajstić information content (AvgIpc) is 2.51. The summed E-state index contributed by atoms with van der Waals surface area (Å²) in [6.07, 6.45) is -0.577. The summed E-state index contributed by atoms with van der Waals surface area (Å²) in [6, 6.07) is 0. The molecule has 0 bridgehead atoms. The largest absolute Gasteiger partial charge is 0.447 e. The lowest BCUT2D eigenvalue weighted by molar-refractivity contribution is 0.117. The summed E-state index contributed by atoms with van der Waals surface area (Å²) in [5, 5.41) is 9.83. The number of alkyl carbamates (subject to hydrolysis) is 1. The number of hydrogen-bond acceptors (Lipinski definition) is 5. The van der Waals surface area contributed by atoms with Crippen molar-refractivity contribution >= 4 is 11.9 Å². The lowest BCUT2D eigenvalue weighted by atomic mass is 10.5. The number of nitrogens with zero attached hydrogens (tertiary/aromatic N) is 3. The van der Waals surface area contributed by atoms with E-state index in [1.165, 1.54) is 0 Å². The molecule has 6 heteroatoms. The van der Waals surface area contributed by atoms with Gasteiger partial charge in [0.2, 0.25) is 0 Å². The molecule has 0 fully saturated rings. The van der Waals surface area contributed by atoms with Gasteiger partial charge in [0.15, 0.2) is 12.5 Å². The molecular weight excluding hydrogens is 172 g/mol. The van der Waals surface area contributed by atoms with Crippen LogP contribution in [0.15, 0.2) is 15.2 Å². The zero-order valence-electron chi connectivity index (χ0n) is 7.65. The minimum Gasteiger partial charge on any atom is -0.447 e. The standard InChI is InChI=1S/C7H12N4O2/c1-5(2)13-7(12)8-3-6-9-4-10-11-6/h5H,3-4H2,1-2H3,(H,8,12). The molecule has 72 valence electrons. The highest BCUT2D eigenvalue weighted by Crippen LogP contribution is 1.93. The maximum absolute atomic E-state index is 10.9. The van der Waals surface area contributed by atoms with Crippen LogP contribution in [0.3, 0.4) is 0 Å². The van der Waals surface area contributed by atoms with Crippen molar-refractivity contribution < 1.29 is 9.53 Å². The van der Waals surface area contributed by atoms with Crippen molar-refractivity contribution in [2.75, 3.05) is 13.2 Å². The number of hydrogen-bond donors (Lipinski definition) is 1. The summed E-state index contributed by atoms with van der Waals surface area (Å²) in [5.74, 6) is 0.528. The Hall–Kier alpha value is -1.46. The van der Waals surface area contributed by atoms with Crippen LogP contribution in [-0.2, 0) is 4.74 Å². The van der Waals surface area contributed by atoms with E-state index in [1.807, 2.05) is 0 Å². The minimum atomic E-state index is -0.459. The molecule has 1 amide bonds. The summed E-state index contributed by atoms with van der Waals surface area (Å²) in [6.45, 7) is 4.20. The molecule has 0 unspecified atom stereocenters. The number of rotatable bonds is 3. The molecular formula is C7H12N4O2. The van der Waals surface area contributed by atoms with Crippen LogP contribution in [0.5, 0.6) is 0 Å². The van der Waals surface area contributed by atoms with E-state index in [9.17, 15) is 4.79 Å². The van der Waals surface area contributed by atoms with Crippen molar-refractivity contribution in [3.8, 4) is 0 Å². The Kier molecular flexibility index (Phi) is 3.36. The van der Waals surface area contributed by atoms with E-state index in [4.69, 9.17) is 4.74 Å². The molecule has 0 atom stereocenters. The summed E-state index contributed by atoms with van der Waals surface area (Å²) >= 11 is 0. The second kappa shape index (κ2) is 4.54. The van der Waals surface area contributed by atoms with Crippen molar-refractivity contribution in [2.45, 2.75) is 20.0 Å². The first-order valence-electron chi connectivity index (χ1n) is 4.04. The molecule has 1 rings (SSSR count). The van der Waals surface area contributed by atoms with Gasteiger partial charge in [-0.2, -0.15) is 5.11 Å². The third-order valence-electron chi connectivity index (χ3n) is 1.24. The first kappa shape index (κ1) is 9.63. The molecule has 13 heavy (non-hydrogen) atoms. The molecule has 1 aliphatic heterocycles. The van der Waals surface area contributed by atoms with Crippen LogP contribution in [0.4, 0.5) is 4.79 Å². The summed E-state index contributed by atoms with van der Waals surface area (Å²) in [5.41, 5.74) is 0. The Morgan fingerprint density at radius 1 is 1.69 bits per heavy atom. The number of amides is 1. The van der Waals surface area contributed by atoms with Gasteiger partial charge in [-0.1, -0.05) is 0 Å². The molecule has 0 saturated heterocycles. The first-order valence-corrected chi connectivity index (χ1v) is 4.04. The van der Waals surface area contributed by atoms with Crippen molar-refractivity contribution in [1.82, 2.24) is 5.32 Å². The number of amidine groups is 1. The van der Waals surface area contributed by atoms with E-state index in [-0.39, 0.29) is 12.6 Å². The molecule has 0 aromatic carbocycles. The highest BCUT2D eigenvalue weighted by atomic mass is 16.6. The number of aliphatic imine (C=N–C) groups is 1. The van der Waals surface area contributed by atoms with Crippen LogP contribution < -0.4 is 5.32 Å². The van der Waals surface area contributed by atoms with Crippen LogP contribution in [0, 0.1) is 0 Å². The lowest BCUT2D eigenvalue weighted by Crippen LogP contribution is -2.30. The SMILES string of the molecule is CC(C)OC(=O)NCC1=NCN=N1. The van der Waals surface area contributed by atoms with Gasteiger partial charge < -0.3 is 10.1 Å². The molecule has 0 aliphatic carbocycles. The van der Waals surface area contributed by atoms with Crippen LogP contribution in [0.25, 0.3) is 0 Å². The normalized spacial score (nSPS) is 14.5. The van der Waals surface area contributed by atoms with Gasteiger partial charge in [-0.15, -0.1) is 5.11 Å². The van der Waals surface area contributed by atoms with E-state index >= 15 is 0 Å². The van der Waals surface area contributed by atoms with Gasteiger partial charge in [0.25, 0.3) is 0 Å². The van der Waals surface area contributed by atoms with E-state index in [0.717, 1.165) is 0 Å². The Balaban J connectivity index is 2.18. The third-order valence-corrected chi connectivity index (χ3v) is 1.24. The number of nitrogens with one attached hydrogen (secondary N) is 1. The van der Waals surface area contributed by atoms with Gasteiger partial charge in [-0.3, -0.25) is 0 Å². The number of azo groups is 1. The zero-order chi connectivity index (χ0) is 9.68. The molecule has 1 heterocycles. The summed E-state index contributed by atoms with van der Waals surface area (Å²) in [7, 11) is 0. The Labute approximate surface area is 76.1 Å². The molecule has 0 spiro atoms. The number of ether oxygens (including phenoxy) is 1. The quantitative estimate of drug-likeness (QED) is 0.708. The fourth-order valence-electron chi connectivity index (χ4n) is 0.756. The van der Waals surface area contributed by atoms with E-state index in [0.29, 0.717) is 12.5 Å². The first-order chi connectivity index (χ1) is 6.18. The Bertz CT molecular complexity index is 247. The monoisotopic (exact) mass is 184 g/mol. The topological polar surface area (TPSA) is 75.4 Å². The van der Waals surface area contributed by atoms with Crippen LogP contribution in [0.2, 0.25) is 0 Å². The van der Waals surface area contributed by atoms with Gasteiger partial charge in [0, 0.05) is 0 Å². The van der Waals surface area contributed by atoms with Gasteiger partial charge in [0.05, 0.1) is 12.6 Å².